The number of rotatable bonds is 7. The molecular formula is C19H22N6OS. The van der Waals surface area contributed by atoms with E-state index in [1.54, 1.807) is 12.4 Å². The van der Waals surface area contributed by atoms with Crippen LogP contribution in [-0.2, 0) is 18.4 Å². The molecule has 1 aromatic carbocycles. The fraction of sp³-hybridized carbons (Fsp3) is 0.263. The number of carbonyl (C=O) groups excluding carboxylic acids is 1. The maximum absolute atomic E-state index is 12.1. The van der Waals surface area contributed by atoms with Crippen LogP contribution in [0.5, 0.6) is 0 Å². The fourth-order valence-electron chi connectivity index (χ4n) is 2.49. The molecule has 0 spiro atoms. The van der Waals surface area contributed by atoms with Gasteiger partial charge in [-0.2, -0.15) is 0 Å². The molecule has 27 heavy (non-hydrogen) atoms. The van der Waals surface area contributed by atoms with Crippen LogP contribution in [0.2, 0.25) is 0 Å². The van der Waals surface area contributed by atoms with Crippen molar-refractivity contribution in [2.24, 2.45) is 7.05 Å². The van der Waals surface area contributed by atoms with Crippen LogP contribution in [0.3, 0.4) is 0 Å². The van der Waals surface area contributed by atoms with Gasteiger partial charge in [-0.25, -0.2) is 0 Å². The van der Waals surface area contributed by atoms with Gasteiger partial charge in [-0.15, -0.1) is 10.2 Å². The van der Waals surface area contributed by atoms with Crippen LogP contribution >= 0.6 is 11.8 Å². The van der Waals surface area contributed by atoms with Gasteiger partial charge in [0, 0.05) is 51.3 Å². The minimum atomic E-state index is -0.0369. The molecular weight excluding hydrogens is 360 g/mol. The molecule has 0 saturated heterocycles. The first kappa shape index (κ1) is 18.9. The highest BCUT2D eigenvalue weighted by Crippen LogP contribution is 2.21. The lowest BCUT2D eigenvalue weighted by atomic mass is 10.2. The summed E-state index contributed by atoms with van der Waals surface area (Å²) in [4.78, 5) is 18.2. The van der Waals surface area contributed by atoms with Gasteiger partial charge in [-0.05, 0) is 29.8 Å². The second kappa shape index (κ2) is 8.68. The molecule has 2 aromatic heterocycles. The zero-order valence-electron chi connectivity index (χ0n) is 15.6. The van der Waals surface area contributed by atoms with E-state index in [1.807, 2.05) is 67.0 Å². The smallest absolute Gasteiger partial charge is 0.230 e. The lowest BCUT2D eigenvalue weighted by molar-refractivity contribution is -0.118. The van der Waals surface area contributed by atoms with Crippen LogP contribution < -0.4 is 10.2 Å². The Morgan fingerprint density at radius 3 is 2.48 bits per heavy atom. The van der Waals surface area contributed by atoms with Gasteiger partial charge in [-0.1, -0.05) is 23.9 Å². The molecule has 0 bridgehead atoms. The Morgan fingerprint density at radius 2 is 1.81 bits per heavy atom. The molecule has 3 rings (SSSR count). The zero-order chi connectivity index (χ0) is 19.2. The number of nitrogens with zero attached hydrogens (tertiary/aromatic N) is 5. The van der Waals surface area contributed by atoms with Crippen molar-refractivity contribution in [3.05, 3.63) is 54.4 Å². The summed E-state index contributed by atoms with van der Waals surface area (Å²) in [5, 5.41) is 12.0. The minimum Gasteiger partial charge on any atom is -0.378 e. The first-order chi connectivity index (χ1) is 13.0. The van der Waals surface area contributed by atoms with E-state index in [0.29, 0.717) is 11.7 Å². The lowest BCUT2D eigenvalue weighted by Gasteiger charge is -2.12. The highest BCUT2D eigenvalue weighted by Gasteiger charge is 2.12. The molecule has 0 unspecified atom stereocenters. The number of hydrogen-bond acceptors (Lipinski definition) is 6. The summed E-state index contributed by atoms with van der Waals surface area (Å²) in [6, 6.07) is 11.9. The number of benzene rings is 1. The van der Waals surface area contributed by atoms with E-state index in [-0.39, 0.29) is 11.7 Å². The predicted octanol–water partition coefficient (Wildman–Crippen LogP) is 2.35. The molecule has 0 atom stereocenters. The summed E-state index contributed by atoms with van der Waals surface area (Å²) < 4.78 is 1.88. The van der Waals surface area contributed by atoms with Gasteiger partial charge in [0.15, 0.2) is 11.0 Å². The molecule has 0 aliphatic heterocycles. The van der Waals surface area contributed by atoms with Gasteiger partial charge in [0.05, 0.1) is 5.75 Å². The van der Waals surface area contributed by atoms with Gasteiger partial charge >= 0.3 is 0 Å². The Hall–Kier alpha value is -2.87. The van der Waals surface area contributed by atoms with Crippen molar-refractivity contribution in [1.29, 1.82) is 0 Å². The molecule has 140 valence electrons. The van der Waals surface area contributed by atoms with Crippen molar-refractivity contribution in [1.82, 2.24) is 25.1 Å². The van der Waals surface area contributed by atoms with Crippen molar-refractivity contribution in [2.45, 2.75) is 11.7 Å². The third kappa shape index (κ3) is 4.85. The number of carbonyl (C=O) groups is 1. The largest absolute Gasteiger partial charge is 0.378 e. The van der Waals surface area contributed by atoms with Crippen molar-refractivity contribution in [3.63, 3.8) is 0 Å². The number of anilines is 1. The predicted molar refractivity (Wildman–Crippen MR) is 108 cm³/mol. The molecule has 1 amide bonds. The maximum atomic E-state index is 12.1. The van der Waals surface area contributed by atoms with Crippen LogP contribution in [0.15, 0.2) is 53.9 Å². The number of nitrogens with one attached hydrogen (secondary N) is 1. The van der Waals surface area contributed by atoms with E-state index < -0.39 is 0 Å². The summed E-state index contributed by atoms with van der Waals surface area (Å²) in [6.07, 6.45) is 3.44. The number of pyridine rings is 1. The molecule has 0 aliphatic rings. The van der Waals surface area contributed by atoms with Crippen LogP contribution in [0, 0.1) is 0 Å². The standard InChI is InChI=1S/C19H22N6OS/c1-24(2)16-6-4-14(5-7-16)12-21-17(26)13-27-19-23-22-18(25(19)3)15-8-10-20-11-9-15/h4-11H,12-13H2,1-3H3,(H,21,26). The first-order valence-electron chi connectivity index (χ1n) is 8.50. The number of amides is 1. The molecule has 1 N–H and O–H groups in total. The third-order valence-electron chi connectivity index (χ3n) is 4.05. The summed E-state index contributed by atoms with van der Waals surface area (Å²) >= 11 is 1.37. The van der Waals surface area contributed by atoms with E-state index in [4.69, 9.17) is 0 Å². The van der Waals surface area contributed by atoms with Gasteiger partial charge in [-0.3, -0.25) is 9.78 Å². The van der Waals surface area contributed by atoms with Crippen LogP contribution in [0.1, 0.15) is 5.56 Å². The van der Waals surface area contributed by atoms with Crippen LogP contribution in [0.4, 0.5) is 5.69 Å². The summed E-state index contributed by atoms with van der Waals surface area (Å²) in [7, 11) is 5.89. The van der Waals surface area contributed by atoms with E-state index in [1.165, 1.54) is 11.8 Å². The first-order valence-corrected chi connectivity index (χ1v) is 9.48. The minimum absolute atomic E-state index is 0.0369. The quantitative estimate of drug-likeness (QED) is 0.632. The average molecular weight is 382 g/mol. The SMILES string of the molecule is CN(C)c1ccc(CNC(=O)CSc2nnc(-c3ccncc3)n2C)cc1. The number of aromatic nitrogens is 4. The normalized spacial score (nSPS) is 10.6. The van der Waals surface area contributed by atoms with Crippen LogP contribution in [0.25, 0.3) is 11.4 Å². The molecule has 2 heterocycles. The van der Waals surface area contributed by atoms with Crippen molar-refractivity contribution < 1.29 is 4.79 Å². The summed E-state index contributed by atoms with van der Waals surface area (Å²) in [6.45, 7) is 0.508. The second-order valence-corrected chi connectivity index (χ2v) is 7.17. The molecule has 0 fully saturated rings. The number of thioether (sulfide) groups is 1. The fourth-order valence-corrected chi connectivity index (χ4v) is 3.23. The monoisotopic (exact) mass is 382 g/mol. The summed E-state index contributed by atoms with van der Waals surface area (Å²) in [5.74, 6) is 1.00. The van der Waals surface area contributed by atoms with Crippen molar-refractivity contribution in [3.8, 4) is 11.4 Å². The van der Waals surface area contributed by atoms with Gasteiger partial charge < -0.3 is 14.8 Å². The van der Waals surface area contributed by atoms with Crippen molar-refractivity contribution >= 4 is 23.4 Å². The zero-order valence-corrected chi connectivity index (χ0v) is 16.4. The highest BCUT2D eigenvalue weighted by atomic mass is 32.2. The topological polar surface area (TPSA) is 75.9 Å². The van der Waals surface area contributed by atoms with E-state index in [2.05, 4.69) is 20.5 Å². The Morgan fingerprint density at radius 1 is 1.11 bits per heavy atom. The Balaban J connectivity index is 1.51. The molecule has 7 nitrogen and oxygen atoms in total. The lowest BCUT2D eigenvalue weighted by Crippen LogP contribution is -2.24. The van der Waals surface area contributed by atoms with E-state index in [9.17, 15) is 4.79 Å². The molecule has 8 heteroatoms. The maximum Gasteiger partial charge on any atom is 0.230 e. The van der Waals surface area contributed by atoms with Gasteiger partial charge in [0.25, 0.3) is 0 Å². The number of hydrogen-bond donors (Lipinski definition) is 1. The highest BCUT2D eigenvalue weighted by molar-refractivity contribution is 7.99. The van der Waals surface area contributed by atoms with E-state index >= 15 is 0 Å². The van der Waals surface area contributed by atoms with Crippen LogP contribution in [-0.4, -0.2) is 45.5 Å². The third-order valence-corrected chi connectivity index (χ3v) is 5.07. The van der Waals surface area contributed by atoms with Crippen molar-refractivity contribution in [2.75, 3.05) is 24.7 Å². The molecule has 3 aromatic rings. The van der Waals surface area contributed by atoms with Gasteiger partial charge in [0.1, 0.15) is 0 Å². The Kier molecular flexibility index (Phi) is 6.08. The Bertz CT molecular complexity index is 892. The second-order valence-electron chi connectivity index (χ2n) is 6.23. The summed E-state index contributed by atoms with van der Waals surface area (Å²) in [5.41, 5.74) is 3.14. The van der Waals surface area contributed by atoms with Gasteiger partial charge in [0.2, 0.25) is 5.91 Å². The average Bonchev–Trinajstić information content (AvgIpc) is 3.06. The van der Waals surface area contributed by atoms with E-state index in [0.717, 1.165) is 22.6 Å². The molecule has 0 radical (unpaired) electrons. The molecule has 0 aliphatic carbocycles. The Labute approximate surface area is 162 Å². The molecule has 0 saturated carbocycles.